The second-order valence-electron chi connectivity index (χ2n) is 6.07. The minimum atomic E-state index is -0.838. The van der Waals surface area contributed by atoms with E-state index in [1.807, 2.05) is 45.0 Å². The Kier molecular flexibility index (Phi) is 7.33. The molecule has 0 spiro atoms. The summed E-state index contributed by atoms with van der Waals surface area (Å²) in [5.41, 5.74) is 0. The predicted molar refractivity (Wildman–Crippen MR) is 119 cm³/mol. The third kappa shape index (κ3) is 4.66. The van der Waals surface area contributed by atoms with E-state index in [2.05, 4.69) is 48.5 Å². The van der Waals surface area contributed by atoms with E-state index in [1.165, 1.54) is 10.6 Å². The Morgan fingerprint density at radius 3 is 1.43 bits per heavy atom. The van der Waals surface area contributed by atoms with Crippen molar-refractivity contribution in [3.05, 3.63) is 72.8 Å². The van der Waals surface area contributed by atoms with Gasteiger partial charge in [0.2, 0.25) is 0 Å². The first-order valence-electron chi connectivity index (χ1n) is 9.75. The molecule has 0 saturated carbocycles. The lowest BCUT2D eigenvalue weighted by molar-refractivity contribution is 0.311. The Morgan fingerprint density at radius 1 is 0.607 bits per heavy atom. The quantitative estimate of drug-likeness (QED) is 0.495. The van der Waals surface area contributed by atoms with E-state index in [0.29, 0.717) is 19.8 Å². The summed E-state index contributed by atoms with van der Waals surface area (Å²) >= 11 is 0. The molecule has 0 atom stereocenters. The van der Waals surface area contributed by atoms with Crippen LogP contribution in [0.4, 0.5) is 0 Å². The van der Waals surface area contributed by atoms with Crippen molar-refractivity contribution in [2.75, 3.05) is 19.8 Å². The van der Waals surface area contributed by atoms with E-state index >= 15 is 0 Å². The van der Waals surface area contributed by atoms with Crippen LogP contribution in [0.1, 0.15) is 20.8 Å². The molecule has 0 aliphatic heterocycles. The molecule has 0 aliphatic carbocycles. The molecule has 3 aromatic carbocycles. The second-order valence-corrected chi connectivity index (χ2v) is 8.22. The van der Waals surface area contributed by atoms with E-state index in [4.69, 9.17) is 14.2 Å². The number of hydrogen-bond acceptors (Lipinski definition) is 3. The van der Waals surface area contributed by atoms with Crippen molar-refractivity contribution in [2.24, 2.45) is 0 Å². The number of benzene rings is 3. The fourth-order valence-corrected chi connectivity index (χ4v) is 5.58. The highest BCUT2D eigenvalue weighted by atomic mass is 31.1. The Balaban J connectivity index is 2.25. The van der Waals surface area contributed by atoms with E-state index < -0.39 is 7.92 Å². The molecule has 146 valence electrons. The molecule has 0 N–H and O–H groups in total. The van der Waals surface area contributed by atoms with Crippen LogP contribution in [0.2, 0.25) is 0 Å². The summed E-state index contributed by atoms with van der Waals surface area (Å²) in [7, 11) is -0.838. The Labute approximate surface area is 169 Å². The van der Waals surface area contributed by atoms with Crippen LogP contribution >= 0.6 is 7.92 Å². The molecule has 0 aliphatic rings. The lowest BCUT2D eigenvalue weighted by Crippen LogP contribution is -2.24. The van der Waals surface area contributed by atoms with Gasteiger partial charge in [0.25, 0.3) is 0 Å². The van der Waals surface area contributed by atoms with Crippen molar-refractivity contribution in [2.45, 2.75) is 20.8 Å². The van der Waals surface area contributed by atoms with Crippen LogP contribution in [-0.2, 0) is 0 Å². The zero-order chi connectivity index (χ0) is 19.8. The molecule has 0 fully saturated rings. The first-order valence-corrected chi connectivity index (χ1v) is 11.1. The SMILES string of the molecule is CCOc1cc(OCC)c(P(c2ccccc2)c2ccccc2)c(OCC)c1. The largest absolute Gasteiger partial charge is 0.494 e. The molecule has 28 heavy (non-hydrogen) atoms. The molecule has 0 unspecified atom stereocenters. The predicted octanol–water partition coefficient (Wildman–Crippen LogP) is 4.64. The van der Waals surface area contributed by atoms with Gasteiger partial charge in [-0.25, -0.2) is 0 Å². The minimum Gasteiger partial charge on any atom is -0.494 e. The molecule has 0 amide bonds. The molecule has 0 radical (unpaired) electrons. The van der Waals surface area contributed by atoms with Crippen molar-refractivity contribution >= 4 is 23.8 Å². The van der Waals surface area contributed by atoms with Crippen LogP contribution in [-0.4, -0.2) is 19.8 Å². The van der Waals surface area contributed by atoms with Crippen LogP contribution < -0.4 is 30.1 Å². The Bertz CT molecular complexity index is 799. The smallest absolute Gasteiger partial charge is 0.135 e. The molecule has 3 rings (SSSR count). The van der Waals surface area contributed by atoms with Gasteiger partial charge in [0.15, 0.2) is 0 Å². The van der Waals surface area contributed by atoms with Crippen LogP contribution in [0.25, 0.3) is 0 Å². The van der Waals surface area contributed by atoms with E-state index in [-0.39, 0.29) is 0 Å². The monoisotopic (exact) mass is 394 g/mol. The first kappa shape index (κ1) is 20.2. The van der Waals surface area contributed by atoms with Crippen molar-refractivity contribution in [1.29, 1.82) is 0 Å². The highest BCUT2D eigenvalue weighted by Crippen LogP contribution is 2.42. The van der Waals surface area contributed by atoms with Gasteiger partial charge < -0.3 is 14.2 Å². The molecule has 0 heterocycles. The fraction of sp³-hybridized carbons (Fsp3) is 0.250. The molecular formula is C24H27O3P. The van der Waals surface area contributed by atoms with Gasteiger partial charge in [0, 0.05) is 12.1 Å². The first-order chi connectivity index (χ1) is 13.8. The maximum atomic E-state index is 6.09. The van der Waals surface area contributed by atoms with E-state index in [0.717, 1.165) is 22.6 Å². The summed E-state index contributed by atoms with van der Waals surface area (Å²) in [6.45, 7) is 7.76. The normalized spacial score (nSPS) is 10.7. The van der Waals surface area contributed by atoms with Crippen molar-refractivity contribution in [3.8, 4) is 17.2 Å². The molecule has 0 saturated heterocycles. The van der Waals surface area contributed by atoms with Gasteiger partial charge in [-0.15, -0.1) is 0 Å². The van der Waals surface area contributed by atoms with E-state index in [9.17, 15) is 0 Å². The number of ether oxygens (including phenoxy) is 3. The lowest BCUT2D eigenvalue weighted by Gasteiger charge is -2.25. The second kappa shape index (κ2) is 10.1. The van der Waals surface area contributed by atoms with E-state index in [1.54, 1.807) is 0 Å². The van der Waals surface area contributed by atoms with Crippen molar-refractivity contribution in [3.63, 3.8) is 0 Å². The van der Waals surface area contributed by atoms with Gasteiger partial charge >= 0.3 is 0 Å². The van der Waals surface area contributed by atoms with Crippen LogP contribution in [0, 0.1) is 0 Å². The molecule has 3 aromatic rings. The zero-order valence-corrected chi connectivity index (χ0v) is 17.6. The highest BCUT2D eigenvalue weighted by Gasteiger charge is 2.26. The molecule has 4 heteroatoms. The topological polar surface area (TPSA) is 27.7 Å². The maximum Gasteiger partial charge on any atom is 0.135 e. The molecular weight excluding hydrogens is 367 g/mol. The van der Waals surface area contributed by atoms with Crippen LogP contribution in [0.3, 0.4) is 0 Å². The van der Waals surface area contributed by atoms with Crippen LogP contribution in [0.5, 0.6) is 17.2 Å². The highest BCUT2D eigenvalue weighted by molar-refractivity contribution is 7.80. The summed E-state index contributed by atoms with van der Waals surface area (Å²) in [6, 6.07) is 25.2. The van der Waals surface area contributed by atoms with Gasteiger partial charge in [-0.3, -0.25) is 0 Å². The molecule has 3 nitrogen and oxygen atoms in total. The summed E-state index contributed by atoms with van der Waals surface area (Å²) in [4.78, 5) is 0. The summed E-state index contributed by atoms with van der Waals surface area (Å²) < 4.78 is 18.0. The maximum absolute atomic E-state index is 6.09. The van der Waals surface area contributed by atoms with Gasteiger partial charge in [0.1, 0.15) is 17.2 Å². The lowest BCUT2D eigenvalue weighted by atomic mass is 10.3. The minimum absolute atomic E-state index is 0.584. The third-order valence-electron chi connectivity index (χ3n) is 4.18. The number of hydrogen-bond donors (Lipinski definition) is 0. The summed E-state index contributed by atoms with van der Waals surface area (Å²) in [5, 5.41) is 3.61. The number of rotatable bonds is 9. The average molecular weight is 394 g/mol. The Morgan fingerprint density at radius 2 is 1.04 bits per heavy atom. The average Bonchev–Trinajstić information content (AvgIpc) is 2.72. The third-order valence-corrected chi connectivity index (χ3v) is 6.69. The van der Waals surface area contributed by atoms with Gasteiger partial charge in [0.05, 0.1) is 25.1 Å². The van der Waals surface area contributed by atoms with Crippen molar-refractivity contribution in [1.82, 2.24) is 0 Å². The fourth-order valence-electron chi connectivity index (χ4n) is 3.12. The molecule has 0 aromatic heterocycles. The van der Waals surface area contributed by atoms with Gasteiger partial charge in [-0.05, 0) is 39.3 Å². The van der Waals surface area contributed by atoms with Gasteiger partial charge in [-0.2, -0.15) is 0 Å². The standard InChI is InChI=1S/C24H27O3P/c1-4-25-19-17-22(26-5-2)24(23(18-19)27-6-3)28(20-13-9-7-10-14-20)21-15-11-8-12-16-21/h7-18H,4-6H2,1-3H3. The zero-order valence-electron chi connectivity index (χ0n) is 16.7. The molecule has 0 bridgehead atoms. The summed E-state index contributed by atoms with van der Waals surface area (Å²) in [5.74, 6) is 2.43. The Hall–Kier alpha value is -2.51. The summed E-state index contributed by atoms with van der Waals surface area (Å²) in [6.07, 6.45) is 0. The van der Waals surface area contributed by atoms with Gasteiger partial charge in [-0.1, -0.05) is 60.7 Å². The van der Waals surface area contributed by atoms with Crippen LogP contribution in [0.15, 0.2) is 72.8 Å². The van der Waals surface area contributed by atoms with Crippen molar-refractivity contribution < 1.29 is 14.2 Å².